The predicted octanol–water partition coefficient (Wildman–Crippen LogP) is 3.50. The standard InChI is InChI=1S/C19H32N2O4Si/c1-7-12-19(15(22)20-17(24)21-16(19)23)13-8-10-14(11-9-13)25-26(5,6)18(2,3)4/h7,13-14H,1,8-12H2,2-6H3,(H2,20,21,22,23,24). The lowest BCUT2D eigenvalue weighted by molar-refractivity contribution is -0.150. The Morgan fingerprint density at radius 3 is 2.04 bits per heavy atom. The number of urea groups is 1. The lowest BCUT2D eigenvalue weighted by Gasteiger charge is -2.45. The Bertz CT molecular complexity index is 581. The third-order valence-corrected chi connectivity index (χ3v) is 10.9. The van der Waals surface area contributed by atoms with E-state index in [2.05, 4.69) is 51.1 Å². The molecule has 1 saturated carbocycles. The van der Waals surface area contributed by atoms with Gasteiger partial charge in [0.2, 0.25) is 11.8 Å². The van der Waals surface area contributed by atoms with Crippen molar-refractivity contribution >= 4 is 26.2 Å². The van der Waals surface area contributed by atoms with Crippen LogP contribution in [0, 0.1) is 11.3 Å². The first-order valence-electron chi connectivity index (χ1n) is 9.39. The second kappa shape index (κ2) is 7.27. The molecule has 1 saturated heterocycles. The molecule has 2 N–H and O–H groups in total. The summed E-state index contributed by atoms with van der Waals surface area (Å²) in [4.78, 5) is 36.7. The van der Waals surface area contributed by atoms with Crippen LogP contribution in [0.4, 0.5) is 4.79 Å². The van der Waals surface area contributed by atoms with Crippen molar-refractivity contribution in [3.05, 3.63) is 12.7 Å². The number of nitrogens with one attached hydrogen (secondary N) is 2. The number of rotatable bonds is 5. The predicted molar refractivity (Wildman–Crippen MR) is 103 cm³/mol. The van der Waals surface area contributed by atoms with Crippen molar-refractivity contribution < 1.29 is 18.8 Å². The largest absolute Gasteiger partial charge is 0.414 e. The van der Waals surface area contributed by atoms with E-state index in [1.165, 1.54) is 0 Å². The van der Waals surface area contributed by atoms with Gasteiger partial charge in [-0.15, -0.1) is 6.58 Å². The number of carbonyl (C=O) groups is 3. The fourth-order valence-electron chi connectivity index (χ4n) is 3.78. The van der Waals surface area contributed by atoms with E-state index in [1.807, 2.05) is 0 Å². The highest BCUT2D eigenvalue weighted by atomic mass is 28.4. The molecule has 0 aromatic rings. The molecular formula is C19H32N2O4Si. The molecule has 0 spiro atoms. The summed E-state index contributed by atoms with van der Waals surface area (Å²) in [5, 5.41) is 4.69. The zero-order valence-electron chi connectivity index (χ0n) is 16.6. The third kappa shape index (κ3) is 3.78. The van der Waals surface area contributed by atoms with E-state index in [0.717, 1.165) is 25.7 Å². The molecule has 4 amide bonds. The van der Waals surface area contributed by atoms with Crippen molar-refractivity contribution in [3.63, 3.8) is 0 Å². The van der Waals surface area contributed by atoms with Gasteiger partial charge in [-0.2, -0.15) is 0 Å². The van der Waals surface area contributed by atoms with Crippen molar-refractivity contribution in [1.82, 2.24) is 10.6 Å². The molecule has 0 unspecified atom stereocenters. The van der Waals surface area contributed by atoms with E-state index in [-0.39, 0.29) is 23.5 Å². The Balaban J connectivity index is 2.11. The zero-order chi connectivity index (χ0) is 19.8. The summed E-state index contributed by atoms with van der Waals surface area (Å²) in [6, 6.07) is -0.741. The van der Waals surface area contributed by atoms with Crippen LogP contribution in [-0.4, -0.2) is 32.3 Å². The minimum absolute atomic E-state index is 0.118. The lowest BCUT2D eigenvalue weighted by Crippen LogP contribution is -2.65. The van der Waals surface area contributed by atoms with Gasteiger partial charge >= 0.3 is 6.03 Å². The second-order valence-electron chi connectivity index (χ2n) is 9.05. The van der Waals surface area contributed by atoms with E-state index in [4.69, 9.17) is 4.43 Å². The highest BCUT2D eigenvalue weighted by molar-refractivity contribution is 6.74. The average Bonchev–Trinajstić information content (AvgIpc) is 2.50. The molecule has 7 heteroatoms. The molecule has 0 aromatic carbocycles. The minimum Gasteiger partial charge on any atom is -0.414 e. The number of carbonyl (C=O) groups excluding carboxylic acids is 3. The normalized spacial score (nSPS) is 26.9. The molecule has 2 aliphatic rings. The first-order chi connectivity index (χ1) is 11.9. The molecule has 1 heterocycles. The summed E-state index contributed by atoms with van der Waals surface area (Å²) in [6.07, 6.45) is 5.09. The minimum atomic E-state index is -1.84. The number of allylic oxidation sites excluding steroid dienone is 1. The van der Waals surface area contributed by atoms with Gasteiger partial charge in [0.15, 0.2) is 8.32 Å². The quantitative estimate of drug-likeness (QED) is 0.434. The summed E-state index contributed by atoms with van der Waals surface area (Å²) >= 11 is 0. The molecule has 0 bridgehead atoms. The highest BCUT2D eigenvalue weighted by Crippen LogP contribution is 2.45. The van der Waals surface area contributed by atoms with Crippen LogP contribution in [0.5, 0.6) is 0 Å². The fraction of sp³-hybridized carbons (Fsp3) is 0.737. The summed E-state index contributed by atoms with van der Waals surface area (Å²) in [7, 11) is -1.84. The van der Waals surface area contributed by atoms with Gasteiger partial charge in [-0.1, -0.05) is 26.8 Å². The van der Waals surface area contributed by atoms with Gasteiger partial charge in [0, 0.05) is 6.10 Å². The zero-order valence-corrected chi connectivity index (χ0v) is 17.6. The Kier molecular flexibility index (Phi) is 5.82. The van der Waals surface area contributed by atoms with Gasteiger partial charge in [0.1, 0.15) is 5.41 Å². The Labute approximate surface area is 157 Å². The van der Waals surface area contributed by atoms with Crippen molar-refractivity contribution in [2.45, 2.75) is 77.1 Å². The number of barbiturate groups is 1. The maximum Gasteiger partial charge on any atom is 0.328 e. The van der Waals surface area contributed by atoms with Gasteiger partial charge in [-0.3, -0.25) is 20.2 Å². The summed E-state index contributed by atoms with van der Waals surface area (Å²) < 4.78 is 6.51. The summed E-state index contributed by atoms with van der Waals surface area (Å²) in [5.74, 6) is -1.12. The molecule has 146 valence electrons. The molecule has 0 aromatic heterocycles. The molecule has 0 atom stereocenters. The summed E-state index contributed by atoms with van der Waals surface area (Å²) in [5.41, 5.74) is -1.24. The van der Waals surface area contributed by atoms with Gasteiger partial charge in [-0.05, 0) is 56.2 Å². The Morgan fingerprint density at radius 1 is 1.12 bits per heavy atom. The first kappa shape index (κ1) is 20.8. The number of hydrogen-bond donors (Lipinski definition) is 2. The number of hydrogen-bond acceptors (Lipinski definition) is 4. The second-order valence-corrected chi connectivity index (χ2v) is 13.8. The lowest BCUT2D eigenvalue weighted by atomic mass is 9.64. The van der Waals surface area contributed by atoms with Crippen molar-refractivity contribution in [1.29, 1.82) is 0 Å². The molecule has 26 heavy (non-hydrogen) atoms. The maximum absolute atomic E-state index is 12.6. The molecule has 1 aliphatic heterocycles. The van der Waals surface area contributed by atoms with Gasteiger partial charge in [0.05, 0.1) is 0 Å². The van der Waals surface area contributed by atoms with Crippen LogP contribution in [0.1, 0.15) is 52.9 Å². The smallest absolute Gasteiger partial charge is 0.328 e. The van der Waals surface area contributed by atoms with Crippen LogP contribution in [-0.2, 0) is 14.0 Å². The highest BCUT2D eigenvalue weighted by Gasteiger charge is 2.55. The first-order valence-corrected chi connectivity index (χ1v) is 12.3. The number of imide groups is 2. The number of amides is 4. The summed E-state index contributed by atoms with van der Waals surface area (Å²) in [6.45, 7) is 14.9. The fourth-order valence-corrected chi connectivity index (χ4v) is 5.20. The maximum atomic E-state index is 12.6. The van der Waals surface area contributed by atoms with E-state index >= 15 is 0 Å². The van der Waals surface area contributed by atoms with Crippen LogP contribution < -0.4 is 10.6 Å². The SMILES string of the molecule is C=CCC1(C2CCC(O[Si](C)(C)C(C)(C)C)CC2)C(=O)NC(=O)NC1=O. The van der Waals surface area contributed by atoms with E-state index in [9.17, 15) is 14.4 Å². The Hall–Kier alpha value is -1.47. The average molecular weight is 381 g/mol. The van der Waals surface area contributed by atoms with E-state index in [1.54, 1.807) is 6.08 Å². The molecule has 0 radical (unpaired) electrons. The van der Waals surface area contributed by atoms with Crippen LogP contribution in [0.15, 0.2) is 12.7 Å². The third-order valence-electron chi connectivity index (χ3n) is 6.37. The van der Waals surface area contributed by atoms with Gasteiger partial charge in [-0.25, -0.2) is 4.79 Å². The van der Waals surface area contributed by atoms with Crippen LogP contribution >= 0.6 is 0 Å². The van der Waals surface area contributed by atoms with E-state index < -0.39 is 31.6 Å². The Morgan fingerprint density at radius 2 is 1.62 bits per heavy atom. The van der Waals surface area contributed by atoms with Crippen molar-refractivity contribution in [3.8, 4) is 0 Å². The molecule has 1 aliphatic carbocycles. The van der Waals surface area contributed by atoms with Crippen LogP contribution in [0.3, 0.4) is 0 Å². The molecule has 2 fully saturated rings. The molecule has 6 nitrogen and oxygen atoms in total. The van der Waals surface area contributed by atoms with Crippen molar-refractivity contribution in [2.75, 3.05) is 0 Å². The topological polar surface area (TPSA) is 84.5 Å². The molecular weight excluding hydrogens is 348 g/mol. The molecule has 2 rings (SSSR count). The van der Waals surface area contributed by atoms with Crippen molar-refractivity contribution in [2.24, 2.45) is 11.3 Å². The van der Waals surface area contributed by atoms with E-state index in [0.29, 0.717) is 0 Å². The monoisotopic (exact) mass is 380 g/mol. The van der Waals surface area contributed by atoms with Gasteiger partial charge in [0.25, 0.3) is 0 Å². The van der Waals surface area contributed by atoms with Gasteiger partial charge < -0.3 is 4.43 Å². The van der Waals surface area contributed by atoms with Crippen LogP contribution in [0.25, 0.3) is 0 Å². The van der Waals surface area contributed by atoms with Crippen LogP contribution in [0.2, 0.25) is 18.1 Å².